The Labute approximate surface area is 121 Å². The van der Waals surface area contributed by atoms with Crippen molar-refractivity contribution in [2.45, 2.75) is 6.92 Å². The highest BCUT2D eigenvalue weighted by molar-refractivity contribution is 6.32. The van der Waals surface area contributed by atoms with Crippen LogP contribution >= 0.6 is 11.6 Å². The van der Waals surface area contributed by atoms with Gasteiger partial charge < -0.3 is 9.47 Å². The maximum absolute atomic E-state index is 11.4. The summed E-state index contributed by atoms with van der Waals surface area (Å²) in [4.78, 5) is 19.7. The van der Waals surface area contributed by atoms with E-state index in [-0.39, 0.29) is 10.7 Å². The maximum Gasteiger partial charge on any atom is 0.342 e. The second-order valence-corrected chi connectivity index (χ2v) is 4.18. The zero-order chi connectivity index (χ0) is 14.5. The number of aromatic nitrogens is 2. The smallest absolute Gasteiger partial charge is 0.342 e. The van der Waals surface area contributed by atoms with Crippen LogP contribution in [0.25, 0.3) is 11.4 Å². The standard InChI is InChI=1S/C14H13ClN2O3/c1-3-20-11-7-5-4-6-9(11)13-16-8-10(12(15)17-13)14(18)19-2/h4-8H,3H2,1-2H3. The molecule has 20 heavy (non-hydrogen) atoms. The molecule has 1 heterocycles. The molecule has 0 amide bonds. The first-order valence-electron chi connectivity index (χ1n) is 6.00. The van der Waals surface area contributed by atoms with E-state index in [4.69, 9.17) is 16.3 Å². The van der Waals surface area contributed by atoms with Crippen molar-refractivity contribution in [1.29, 1.82) is 0 Å². The number of para-hydroxylation sites is 1. The summed E-state index contributed by atoms with van der Waals surface area (Å²) in [6.07, 6.45) is 1.35. The largest absolute Gasteiger partial charge is 0.493 e. The molecule has 0 fully saturated rings. The van der Waals surface area contributed by atoms with E-state index in [1.54, 1.807) is 0 Å². The van der Waals surface area contributed by atoms with Gasteiger partial charge in [-0.3, -0.25) is 0 Å². The fraction of sp³-hybridized carbons (Fsp3) is 0.214. The molecule has 5 nitrogen and oxygen atoms in total. The lowest BCUT2D eigenvalue weighted by atomic mass is 10.2. The topological polar surface area (TPSA) is 61.3 Å². The number of rotatable bonds is 4. The van der Waals surface area contributed by atoms with E-state index in [1.807, 2.05) is 31.2 Å². The zero-order valence-electron chi connectivity index (χ0n) is 11.1. The van der Waals surface area contributed by atoms with Crippen molar-refractivity contribution in [2.24, 2.45) is 0 Å². The molecule has 1 aromatic heterocycles. The Kier molecular flexibility index (Phi) is 4.53. The third kappa shape index (κ3) is 2.88. The number of methoxy groups -OCH3 is 1. The van der Waals surface area contributed by atoms with Crippen LogP contribution in [0.15, 0.2) is 30.5 Å². The monoisotopic (exact) mass is 292 g/mol. The second-order valence-electron chi connectivity index (χ2n) is 3.82. The Balaban J connectivity index is 2.44. The summed E-state index contributed by atoms with van der Waals surface area (Å²) < 4.78 is 10.1. The highest BCUT2D eigenvalue weighted by Crippen LogP contribution is 2.28. The molecule has 0 N–H and O–H groups in total. The fourth-order valence-electron chi connectivity index (χ4n) is 1.67. The van der Waals surface area contributed by atoms with E-state index in [0.717, 1.165) is 0 Å². The third-order valence-electron chi connectivity index (χ3n) is 2.58. The van der Waals surface area contributed by atoms with Gasteiger partial charge in [0.2, 0.25) is 0 Å². The summed E-state index contributed by atoms with van der Waals surface area (Å²) in [5, 5.41) is 0.0492. The first kappa shape index (κ1) is 14.3. The molecule has 0 radical (unpaired) electrons. The van der Waals surface area contributed by atoms with E-state index in [0.29, 0.717) is 23.7 Å². The molecule has 2 rings (SSSR count). The number of carbonyl (C=O) groups excluding carboxylic acids is 1. The average molecular weight is 293 g/mol. The number of carbonyl (C=O) groups is 1. The van der Waals surface area contributed by atoms with Gasteiger partial charge in [0, 0.05) is 6.20 Å². The summed E-state index contributed by atoms with van der Waals surface area (Å²) in [6, 6.07) is 7.36. The van der Waals surface area contributed by atoms with Crippen LogP contribution in [0.1, 0.15) is 17.3 Å². The molecule has 104 valence electrons. The second kappa shape index (κ2) is 6.34. The predicted octanol–water partition coefficient (Wildman–Crippen LogP) is 2.98. The lowest BCUT2D eigenvalue weighted by molar-refractivity contribution is 0.0600. The van der Waals surface area contributed by atoms with Gasteiger partial charge in [0.05, 0.1) is 19.3 Å². The zero-order valence-corrected chi connectivity index (χ0v) is 11.8. The Morgan fingerprint density at radius 2 is 2.10 bits per heavy atom. The van der Waals surface area contributed by atoms with Crippen molar-refractivity contribution in [3.05, 3.63) is 41.2 Å². The van der Waals surface area contributed by atoms with Crippen molar-refractivity contribution < 1.29 is 14.3 Å². The van der Waals surface area contributed by atoms with Crippen molar-refractivity contribution in [1.82, 2.24) is 9.97 Å². The minimum Gasteiger partial charge on any atom is -0.493 e. The highest BCUT2D eigenvalue weighted by Gasteiger charge is 2.15. The van der Waals surface area contributed by atoms with Gasteiger partial charge in [-0.15, -0.1) is 0 Å². The first-order valence-corrected chi connectivity index (χ1v) is 6.38. The van der Waals surface area contributed by atoms with E-state index in [1.165, 1.54) is 13.3 Å². The van der Waals surface area contributed by atoms with Crippen molar-refractivity contribution >= 4 is 17.6 Å². The number of benzene rings is 1. The summed E-state index contributed by atoms with van der Waals surface area (Å²) in [6.45, 7) is 2.43. The quantitative estimate of drug-likeness (QED) is 0.640. The molecule has 0 unspecified atom stereocenters. The number of hydrogen-bond donors (Lipinski definition) is 0. The molecular formula is C14H13ClN2O3. The number of esters is 1. The molecule has 0 aliphatic carbocycles. The van der Waals surface area contributed by atoms with Crippen molar-refractivity contribution in [2.75, 3.05) is 13.7 Å². The summed E-state index contributed by atoms with van der Waals surface area (Å²) in [7, 11) is 1.27. The van der Waals surface area contributed by atoms with Crippen molar-refractivity contribution in [3.63, 3.8) is 0 Å². The lowest BCUT2D eigenvalue weighted by Crippen LogP contribution is -2.05. The highest BCUT2D eigenvalue weighted by atomic mass is 35.5. The first-order chi connectivity index (χ1) is 9.67. The Morgan fingerprint density at radius 3 is 2.75 bits per heavy atom. The fourth-order valence-corrected chi connectivity index (χ4v) is 1.88. The normalized spacial score (nSPS) is 10.2. The van der Waals surface area contributed by atoms with E-state index < -0.39 is 5.97 Å². The van der Waals surface area contributed by atoms with Gasteiger partial charge in [-0.05, 0) is 19.1 Å². The average Bonchev–Trinajstić information content (AvgIpc) is 2.47. The minimum atomic E-state index is -0.570. The van der Waals surface area contributed by atoms with Gasteiger partial charge in [0.25, 0.3) is 0 Å². The van der Waals surface area contributed by atoms with Gasteiger partial charge in [-0.25, -0.2) is 14.8 Å². The van der Waals surface area contributed by atoms with Crippen LogP contribution in [0.5, 0.6) is 5.75 Å². The van der Waals surface area contributed by atoms with E-state index in [2.05, 4.69) is 14.7 Å². The van der Waals surface area contributed by atoms with Gasteiger partial charge in [-0.1, -0.05) is 23.7 Å². The van der Waals surface area contributed by atoms with Crippen LogP contribution in [-0.2, 0) is 4.74 Å². The molecule has 6 heteroatoms. The van der Waals surface area contributed by atoms with Gasteiger partial charge in [-0.2, -0.15) is 0 Å². The number of hydrogen-bond acceptors (Lipinski definition) is 5. The van der Waals surface area contributed by atoms with E-state index in [9.17, 15) is 4.79 Å². The minimum absolute atomic E-state index is 0.0492. The molecule has 0 spiro atoms. The molecule has 0 bridgehead atoms. The number of halogens is 1. The Bertz CT molecular complexity index is 632. The van der Waals surface area contributed by atoms with Crippen LogP contribution in [0, 0.1) is 0 Å². The molecule has 0 saturated carbocycles. The number of nitrogens with zero attached hydrogens (tertiary/aromatic N) is 2. The molecule has 0 saturated heterocycles. The van der Waals surface area contributed by atoms with Crippen LogP contribution in [0.4, 0.5) is 0 Å². The molecule has 1 aromatic carbocycles. The lowest BCUT2D eigenvalue weighted by Gasteiger charge is -2.09. The SMILES string of the molecule is CCOc1ccccc1-c1ncc(C(=O)OC)c(Cl)n1. The van der Waals surface area contributed by atoms with Gasteiger partial charge >= 0.3 is 5.97 Å². The number of ether oxygens (including phenoxy) is 2. The summed E-state index contributed by atoms with van der Waals surface area (Å²) >= 11 is 5.99. The molecule has 0 atom stereocenters. The van der Waals surface area contributed by atoms with Crippen LogP contribution in [0.2, 0.25) is 5.15 Å². The van der Waals surface area contributed by atoms with Crippen LogP contribution in [-0.4, -0.2) is 29.7 Å². The molecule has 0 aliphatic heterocycles. The van der Waals surface area contributed by atoms with Crippen LogP contribution < -0.4 is 4.74 Å². The Hall–Kier alpha value is -2.14. The predicted molar refractivity (Wildman–Crippen MR) is 75.0 cm³/mol. The summed E-state index contributed by atoms with van der Waals surface area (Å²) in [5.41, 5.74) is 0.847. The Morgan fingerprint density at radius 1 is 1.35 bits per heavy atom. The van der Waals surface area contributed by atoms with Gasteiger partial charge in [0.1, 0.15) is 16.5 Å². The van der Waals surface area contributed by atoms with Gasteiger partial charge in [0.15, 0.2) is 5.82 Å². The molecule has 0 aliphatic rings. The summed E-state index contributed by atoms with van der Waals surface area (Å²) in [5.74, 6) is 0.489. The van der Waals surface area contributed by atoms with Crippen LogP contribution in [0.3, 0.4) is 0 Å². The third-order valence-corrected chi connectivity index (χ3v) is 2.86. The molecule has 2 aromatic rings. The molecular weight excluding hydrogens is 280 g/mol. The van der Waals surface area contributed by atoms with Crippen molar-refractivity contribution in [3.8, 4) is 17.1 Å². The van der Waals surface area contributed by atoms with E-state index >= 15 is 0 Å². The maximum atomic E-state index is 11.4.